The molecule has 0 unspecified atom stereocenters. The Morgan fingerprint density at radius 2 is 1.83 bits per heavy atom. The molecule has 1 saturated heterocycles. The summed E-state index contributed by atoms with van der Waals surface area (Å²) in [5, 5.41) is 8.28. The smallest absolute Gasteiger partial charge is 0.0810 e. The third kappa shape index (κ3) is 5.15. The van der Waals surface area contributed by atoms with Gasteiger partial charge in [-0.15, -0.1) is 0 Å². The molecule has 12 heavy (non-hydrogen) atoms. The first-order valence-electron chi connectivity index (χ1n) is 4.92. The molecule has 2 nitrogen and oxygen atoms in total. The zero-order chi connectivity index (χ0) is 8.65. The highest BCUT2D eigenvalue weighted by Gasteiger charge is 2.20. The minimum atomic E-state index is 0.601. The van der Waals surface area contributed by atoms with E-state index in [-0.39, 0.29) is 0 Å². The van der Waals surface area contributed by atoms with Gasteiger partial charge in [0.15, 0.2) is 0 Å². The van der Waals surface area contributed by atoms with Gasteiger partial charge >= 0.3 is 0 Å². The van der Waals surface area contributed by atoms with Gasteiger partial charge in [0, 0.05) is 6.42 Å². The highest BCUT2D eigenvalue weighted by molar-refractivity contribution is 4.69. The van der Waals surface area contributed by atoms with Crippen molar-refractivity contribution in [3.63, 3.8) is 0 Å². The van der Waals surface area contributed by atoms with Crippen molar-refractivity contribution in [1.29, 1.82) is 5.26 Å². The van der Waals surface area contributed by atoms with Gasteiger partial charge in [-0.25, -0.2) is 0 Å². The Morgan fingerprint density at radius 3 is 2.50 bits per heavy atom. The van der Waals surface area contributed by atoms with E-state index < -0.39 is 0 Å². The van der Waals surface area contributed by atoms with E-state index >= 15 is 0 Å². The highest BCUT2D eigenvalue weighted by atomic mass is 16.6. The summed E-state index contributed by atoms with van der Waals surface area (Å²) < 4.78 is 5.11. The number of epoxide rings is 1. The van der Waals surface area contributed by atoms with Gasteiger partial charge in [0.05, 0.1) is 18.8 Å². The zero-order valence-corrected chi connectivity index (χ0v) is 7.59. The minimum absolute atomic E-state index is 0.601. The molecule has 0 bridgehead atoms. The van der Waals surface area contributed by atoms with Crippen LogP contribution in [0.1, 0.15) is 44.9 Å². The fourth-order valence-electron chi connectivity index (χ4n) is 1.34. The number of hydrogen-bond donors (Lipinski definition) is 0. The van der Waals surface area contributed by atoms with Crippen LogP contribution in [-0.4, -0.2) is 12.7 Å². The molecule has 2 heteroatoms. The number of rotatable bonds is 7. The van der Waals surface area contributed by atoms with Gasteiger partial charge in [-0.1, -0.05) is 25.7 Å². The van der Waals surface area contributed by atoms with Crippen LogP contribution in [0.15, 0.2) is 0 Å². The molecule has 0 saturated carbocycles. The maximum Gasteiger partial charge on any atom is 0.0810 e. The second-order valence-electron chi connectivity index (χ2n) is 3.42. The van der Waals surface area contributed by atoms with Gasteiger partial charge in [0.25, 0.3) is 0 Å². The molecule has 0 radical (unpaired) electrons. The molecule has 1 heterocycles. The monoisotopic (exact) mass is 167 g/mol. The van der Waals surface area contributed by atoms with E-state index in [0.29, 0.717) is 6.10 Å². The van der Waals surface area contributed by atoms with Crippen molar-refractivity contribution in [2.24, 2.45) is 0 Å². The maximum absolute atomic E-state index is 8.28. The van der Waals surface area contributed by atoms with E-state index in [2.05, 4.69) is 6.07 Å². The molecule has 0 aliphatic carbocycles. The summed E-state index contributed by atoms with van der Waals surface area (Å²) >= 11 is 0. The van der Waals surface area contributed by atoms with Crippen LogP contribution in [0, 0.1) is 11.3 Å². The summed E-state index contributed by atoms with van der Waals surface area (Å²) in [6.45, 7) is 0.994. The molecule has 1 aliphatic rings. The average molecular weight is 167 g/mol. The molecule has 1 fully saturated rings. The SMILES string of the molecule is N#CCCCCCCC[C@@H]1CO1. The third-order valence-corrected chi connectivity index (χ3v) is 2.22. The van der Waals surface area contributed by atoms with Crippen molar-refractivity contribution in [3.8, 4) is 6.07 Å². The molecule has 0 aromatic heterocycles. The molecule has 0 aromatic carbocycles. The summed E-state index contributed by atoms with van der Waals surface area (Å²) in [4.78, 5) is 0. The van der Waals surface area contributed by atoms with Crippen molar-refractivity contribution < 1.29 is 4.74 Å². The first-order chi connectivity index (χ1) is 5.93. The number of hydrogen-bond acceptors (Lipinski definition) is 2. The zero-order valence-electron chi connectivity index (χ0n) is 7.59. The number of nitrogens with zero attached hydrogens (tertiary/aromatic N) is 1. The Kier molecular flexibility index (Phi) is 4.79. The quantitative estimate of drug-likeness (QED) is 0.431. The molecule has 1 aliphatic heterocycles. The van der Waals surface area contributed by atoms with Crippen LogP contribution in [-0.2, 0) is 4.74 Å². The molecule has 0 spiro atoms. The van der Waals surface area contributed by atoms with E-state index in [1.165, 1.54) is 32.1 Å². The van der Waals surface area contributed by atoms with E-state index in [9.17, 15) is 0 Å². The first-order valence-corrected chi connectivity index (χ1v) is 4.92. The Labute approximate surface area is 74.5 Å². The molecule has 68 valence electrons. The van der Waals surface area contributed by atoms with E-state index in [0.717, 1.165) is 19.4 Å². The summed E-state index contributed by atoms with van der Waals surface area (Å²) in [5.41, 5.74) is 0. The first kappa shape index (κ1) is 9.54. The summed E-state index contributed by atoms with van der Waals surface area (Å²) in [6, 6.07) is 2.17. The second-order valence-corrected chi connectivity index (χ2v) is 3.42. The van der Waals surface area contributed by atoms with Gasteiger partial charge in [-0.05, 0) is 12.8 Å². The Hall–Kier alpha value is -0.550. The lowest BCUT2D eigenvalue weighted by molar-refractivity contribution is 0.387. The molecular formula is C10H17NO. The second kappa shape index (κ2) is 6.02. The molecule has 0 amide bonds. The Morgan fingerprint density at radius 1 is 1.17 bits per heavy atom. The fraction of sp³-hybridized carbons (Fsp3) is 0.900. The molecule has 1 rings (SSSR count). The van der Waals surface area contributed by atoms with Crippen LogP contribution in [0.2, 0.25) is 0 Å². The van der Waals surface area contributed by atoms with Gasteiger partial charge in [-0.2, -0.15) is 5.26 Å². The van der Waals surface area contributed by atoms with Crippen LogP contribution >= 0.6 is 0 Å². The predicted molar refractivity (Wildman–Crippen MR) is 47.7 cm³/mol. The fourth-order valence-corrected chi connectivity index (χ4v) is 1.34. The van der Waals surface area contributed by atoms with Crippen molar-refractivity contribution in [3.05, 3.63) is 0 Å². The van der Waals surface area contributed by atoms with Crippen molar-refractivity contribution >= 4 is 0 Å². The maximum atomic E-state index is 8.28. The molecule has 0 N–H and O–H groups in total. The normalized spacial score (nSPS) is 20.4. The summed E-state index contributed by atoms with van der Waals surface area (Å²) in [5.74, 6) is 0. The van der Waals surface area contributed by atoms with Gasteiger partial charge < -0.3 is 4.74 Å². The summed E-state index contributed by atoms with van der Waals surface area (Å²) in [6.07, 6.45) is 8.78. The lowest BCUT2D eigenvalue weighted by Crippen LogP contribution is -1.85. The predicted octanol–water partition coefficient (Wildman–Crippen LogP) is 2.64. The van der Waals surface area contributed by atoms with Crippen molar-refractivity contribution in [2.75, 3.05) is 6.61 Å². The minimum Gasteiger partial charge on any atom is -0.373 e. The van der Waals surface area contributed by atoms with E-state index in [4.69, 9.17) is 10.00 Å². The highest BCUT2D eigenvalue weighted by Crippen LogP contribution is 2.17. The largest absolute Gasteiger partial charge is 0.373 e. The molecule has 1 atom stereocenters. The number of ether oxygens (including phenoxy) is 1. The molecule has 0 aromatic rings. The van der Waals surface area contributed by atoms with Crippen LogP contribution in [0.3, 0.4) is 0 Å². The molecular weight excluding hydrogens is 150 g/mol. The summed E-state index contributed by atoms with van der Waals surface area (Å²) in [7, 11) is 0. The lowest BCUT2D eigenvalue weighted by atomic mass is 10.1. The van der Waals surface area contributed by atoms with Gasteiger partial charge in [0.1, 0.15) is 0 Å². The van der Waals surface area contributed by atoms with Gasteiger partial charge in [0.2, 0.25) is 0 Å². The number of unbranched alkanes of at least 4 members (excludes halogenated alkanes) is 5. The van der Waals surface area contributed by atoms with Crippen molar-refractivity contribution in [1.82, 2.24) is 0 Å². The van der Waals surface area contributed by atoms with Crippen LogP contribution in [0.25, 0.3) is 0 Å². The average Bonchev–Trinajstić information content (AvgIpc) is 2.87. The van der Waals surface area contributed by atoms with E-state index in [1.807, 2.05) is 0 Å². The van der Waals surface area contributed by atoms with Crippen LogP contribution < -0.4 is 0 Å². The lowest BCUT2D eigenvalue weighted by Gasteiger charge is -1.97. The standard InChI is InChI=1S/C10H17NO/c11-8-6-4-2-1-3-5-7-10-9-12-10/h10H,1-7,9H2/t10-/m1/s1. The van der Waals surface area contributed by atoms with Crippen LogP contribution in [0.4, 0.5) is 0 Å². The van der Waals surface area contributed by atoms with Crippen molar-refractivity contribution in [2.45, 2.75) is 51.0 Å². The Balaban J connectivity index is 1.68. The number of nitriles is 1. The van der Waals surface area contributed by atoms with Gasteiger partial charge in [-0.3, -0.25) is 0 Å². The van der Waals surface area contributed by atoms with E-state index in [1.54, 1.807) is 0 Å². The Bertz CT molecular complexity index is 146. The third-order valence-electron chi connectivity index (χ3n) is 2.22. The topological polar surface area (TPSA) is 36.3 Å². The van der Waals surface area contributed by atoms with Crippen LogP contribution in [0.5, 0.6) is 0 Å².